The summed E-state index contributed by atoms with van der Waals surface area (Å²) in [5, 5.41) is 0.810. The highest BCUT2D eigenvalue weighted by atomic mass is 79.9. The summed E-state index contributed by atoms with van der Waals surface area (Å²) in [6.07, 6.45) is 0. The maximum Gasteiger partial charge on any atom is 0.308 e. The number of para-hydroxylation sites is 1. The van der Waals surface area contributed by atoms with Gasteiger partial charge >= 0.3 is 5.97 Å². The fourth-order valence-corrected chi connectivity index (χ4v) is 2.54. The molecule has 6 heteroatoms. The van der Waals surface area contributed by atoms with Crippen molar-refractivity contribution in [2.24, 2.45) is 0 Å². The molecule has 0 saturated heterocycles. The Morgan fingerprint density at radius 1 is 1.04 bits per heavy atom. The second kappa shape index (κ2) is 7.44. The number of rotatable bonds is 5. The minimum atomic E-state index is -0.425. The first-order valence-electron chi connectivity index (χ1n) is 7.53. The van der Waals surface area contributed by atoms with E-state index in [1.54, 1.807) is 48.5 Å². The summed E-state index contributed by atoms with van der Waals surface area (Å²) in [6, 6.07) is 15.8. The Morgan fingerprint density at radius 3 is 2.52 bits per heavy atom. The first kappa shape index (κ1) is 17.1. The van der Waals surface area contributed by atoms with Crippen molar-refractivity contribution in [3.05, 3.63) is 64.6 Å². The smallest absolute Gasteiger partial charge is 0.308 e. The number of nitrogens with zero attached hydrogens (tertiary/aromatic N) is 1. The topological polar surface area (TPSA) is 65.5 Å². The number of Topliss-reactive ketones (excluding diaryl/α,β-unsaturated/α-hetero) is 1. The number of esters is 1. The molecule has 0 amide bonds. The molecule has 1 heterocycles. The van der Waals surface area contributed by atoms with Crippen LogP contribution in [-0.4, -0.2) is 23.3 Å². The fraction of sp³-hybridized carbons (Fsp3) is 0.105. The molecule has 0 N–H and O–H groups in total. The van der Waals surface area contributed by atoms with Crippen molar-refractivity contribution in [1.82, 2.24) is 4.98 Å². The van der Waals surface area contributed by atoms with Crippen molar-refractivity contribution in [2.45, 2.75) is 6.92 Å². The molecule has 25 heavy (non-hydrogen) atoms. The zero-order valence-corrected chi connectivity index (χ0v) is 14.9. The molecule has 0 saturated carbocycles. The van der Waals surface area contributed by atoms with Crippen LogP contribution >= 0.6 is 15.9 Å². The molecule has 0 spiro atoms. The minimum Gasteiger partial charge on any atom is -0.469 e. The number of hydrogen-bond donors (Lipinski definition) is 0. The summed E-state index contributed by atoms with van der Waals surface area (Å²) in [4.78, 5) is 27.7. The average Bonchev–Trinajstić information content (AvgIpc) is 2.60. The largest absolute Gasteiger partial charge is 0.469 e. The number of ether oxygens (including phenoxy) is 2. The Balaban J connectivity index is 1.78. The first-order valence-corrected chi connectivity index (χ1v) is 8.32. The normalized spacial score (nSPS) is 10.5. The molecule has 2 aromatic carbocycles. The Bertz CT molecular complexity index is 938. The summed E-state index contributed by atoms with van der Waals surface area (Å²) < 4.78 is 11.6. The minimum absolute atomic E-state index is 0.129. The van der Waals surface area contributed by atoms with Crippen molar-refractivity contribution in [3.8, 4) is 11.6 Å². The third-order valence-electron chi connectivity index (χ3n) is 3.43. The van der Waals surface area contributed by atoms with Gasteiger partial charge in [-0.3, -0.25) is 9.59 Å². The van der Waals surface area contributed by atoms with Crippen LogP contribution in [0, 0.1) is 0 Å². The van der Waals surface area contributed by atoms with Gasteiger partial charge in [-0.1, -0.05) is 40.2 Å². The number of aromatic nitrogens is 1. The van der Waals surface area contributed by atoms with Crippen LogP contribution in [0.1, 0.15) is 17.3 Å². The quantitative estimate of drug-likeness (QED) is 0.365. The molecular weight excluding hydrogens is 386 g/mol. The molecule has 0 fully saturated rings. The third-order valence-corrected chi connectivity index (χ3v) is 3.96. The molecule has 126 valence electrons. The average molecular weight is 400 g/mol. The van der Waals surface area contributed by atoms with Crippen LogP contribution in [0.4, 0.5) is 0 Å². The highest BCUT2D eigenvalue weighted by Crippen LogP contribution is 2.26. The summed E-state index contributed by atoms with van der Waals surface area (Å²) in [6.45, 7) is 1.20. The van der Waals surface area contributed by atoms with Gasteiger partial charge in [0.1, 0.15) is 5.52 Å². The lowest BCUT2D eigenvalue weighted by molar-refractivity contribution is -0.131. The number of carbonyl (C=O) groups is 2. The van der Waals surface area contributed by atoms with Crippen LogP contribution in [0.3, 0.4) is 0 Å². The number of carbonyl (C=O) groups excluding carboxylic acids is 2. The maximum atomic E-state index is 12.2. The summed E-state index contributed by atoms with van der Waals surface area (Å²) in [7, 11) is 0. The monoisotopic (exact) mass is 399 g/mol. The molecule has 0 bridgehead atoms. The molecule has 0 radical (unpaired) electrons. The molecule has 0 aliphatic carbocycles. The number of hydrogen-bond acceptors (Lipinski definition) is 5. The van der Waals surface area contributed by atoms with E-state index in [9.17, 15) is 9.59 Å². The van der Waals surface area contributed by atoms with Crippen molar-refractivity contribution in [1.29, 1.82) is 0 Å². The summed E-state index contributed by atoms with van der Waals surface area (Å²) >= 11 is 3.33. The van der Waals surface area contributed by atoms with Crippen molar-refractivity contribution < 1.29 is 19.1 Å². The van der Waals surface area contributed by atoms with E-state index in [4.69, 9.17) is 9.47 Å². The second-order valence-electron chi connectivity index (χ2n) is 5.29. The predicted octanol–water partition coefficient (Wildman–Crippen LogP) is 4.18. The van der Waals surface area contributed by atoms with Gasteiger partial charge in [-0.2, -0.15) is 0 Å². The van der Waals surface area contributed by atoms with E-state index in [1.807, 2.05) is 6.07 Å². The third kappa shape index (κ3) is 4.22. The molecule has 3 aromatic rings. The van der Waals surface area contributed by atoms with E-state index in [0.717, 1.165) is 9.86 Å². The van der Waals surface area contributed by atoms with Gasteiger partial charge in [0, 0.05) is 28.4 Å². The predicted molar refractivity (Wildman–Crippen MR) is 97.0 cm³/mol. The van der Waals surface area contributed by atoms with E-state index in [-0.39, 0.29) is 18.3 Å². The lowest BCUT2D eigenvalue weighted by Crippen LogP contribution is -2.12. The van der Waals surface area contributed by atoms with Gasteiger partial charge < -0.3 is 9.47 Å². The van der Waals surface area contributed by atoms with E-state index in [2.05, 4.69) is 20.9 Å². The van der Waals surface area contributed by atoms with Crippen molar-refractivity contribution in [2.75, 3.05) is 6.61 Å². The summed E-state index contributed by atoms with van der Waals surface area (Å²) in [5.74, 6) is 0.0703. The number of halogens is 1. The van der Waals surface area contributed by atoms with Gasteiger partial charge in [0.25, 0.3) is 0 Å². The highest BCUT2D eigenvalue weighted by molar-refractivity contribution is 9.10. The molecule has 5 nitrogen and oxygen atoms in total. The molecule has 0 unspecified atom stereocenters. The molecular formula is C19H14BrNO4. The Morgan fingerprint density at radius 2 is 1.80 bits per heavy atom. The molecule has 1 aromatic heterocycles. The standard InChI is InChI=1S/C19H14BrNO4/c1-12(22)25-17-4-2-3-14-7-10-18(21-19(14)17)24-11-16(23)13-5-8-15(20)9-6-13/h2-10H,11H2,1H3. The van der Waals surface area contributed by atoms with Gasteiger partial charge in [-0.25, -0.2) is 4.98 Å². The maximum absolute atomic E-state index is 12.2. The van der Waals surface area contributed by atoms with E-state index >= 15 is 0 Å². The lowest BCUT2D eigenvalue weighted by Gasteiger charge is -2.08. The van der Waals surface area contributed by atoms with Crippen molar-refractivity contribution in [3.63, 3.8) is 0 Å². The fourth-order valence-electron chi connectivity index (χ4n) is 2.28. The van der Waals surface area contributed by atoms with Gasteiger partial charge in [0.15, 0.2) is 18.1 Å². The zero-order chi connectivity index (χ0) is 17.8. The van der Waals surface area contributed by atoms with Gasteiger partial charge in [0.2, 0.25) is 5.88 Å². The Kier molecular flexibility index (Phi) is 5.09. The van der Waals surface area contributed by atoms with Crippen LogP contribution in [0.5, 0.6) is 11.6 Å². The van der Waals surface area contributed by atoms with Gasteiger partial charge in [0.05, 0.1) is 0 Å². The van der Waals surface area contributed by atoms with Crippen LogP contribution < -0.4 is 9.47 Å². The SMILES string of the molecule is CC(=O)Oc1cccc2ccc(OCC(=O)c3ccc(Br)cc3)nc12. The van der Waals surface area contributed by atoms with Crippen LogP contribution in [0.15, 0.2) is 59.1 Å². The van der Waals surface area contributed by atoms with Crippen LogP contribution in [-0.2, 0) is 4.79 Å². The molecule has 0 aliphatic heterocycles. The van der Waals surface area contributed by atoms with Crippen molar-refractivity contribution >= 4 is 38.6 Å². The molecule has 0 aliphatic rings. The first-order chi connectivity index (χ1) is 12.0. The second-order valence-corrected chi connectivity index (χ2v) is 6.21. The number of fused-ring (bicyclic) bond motifs is 1. The highest BCUT2D eigenvalue weighted by Gasteiger charge is 2.10. The van der Waals surface area contributed by atoms with Gasteiger partial charge in [-0.15, -0.1) is 0 Å². The van der Waals surface area contributed by atoms with Crippen LogP contribution in [0.25, 0.3) is 10.9 Å². The Labute approximate surface area is 152 Å². The molecule has 3 rings (SSSR count). The number of ketones is 1. The van der Waals surface area contributed by atoms with Gasteiger partial charge in [-0.05, 0) is 24.3 Å². The van der Waals surface area contributed by atoms with E-state index < -0.39 is 5.97 Å². The summed E-state index contributed by atoms with van der Waals surface area (Å²) in [5.41, 5.74) is 1.07. The number of benzene rings is 2. The Hall–Kier alpha value is -2.73. The van der Waals surface area contributed by atoms with Crippen LogP contribution in [0.2, 0.25) is 0 Å². The zero-order valence-electron chi connectivity index (χ0n) is 13.4. The van der Waals surface area contributed by atoms with E-state index in [0.29, 0.717) is 16.8 Å². The van der Waals surface area contributed by atoms with E-state index in [1.165, 1.54) is 6.92 Å². The molecule has 0 atom stereocenters. The lowest BCUT2D eigenvalue weighted by atomic mass is 10.1. The number of pyridine rings is 1.